The van der Waals surface area contributed by atoms with Crippen LogP contribution in [0.3, 0.4) is 0 Å². The van der Waals surface area contributed by atoms with Crippen LogP contribution in [-0.4, -0.2) is 46.3 Å². The molecule has 0 spiro atoms. The Morgan fingerprint density at radius 1 is 1.27 bits per heavy atom. The van der Waals surface area contributed by atoms with Gasteiger partial charge in [-0.1, -0.05) is 31.7 Å². The molecule has 1 aromatic heterocycles. The van der Waals surface area contributed by atoms with E-state index < -0.39 is 29.6 Å². The molecular formula is C23H27F3N4O3. The molecular weight excluding hydrogens is 437 g/mol. The number of ether oxygens (including phenoxy) is 1. The van der Waals surface area contributed by atoms with Crippen molar-refractivity contribution in [3.8, 4) is 0 Å². The van der Waals surface area contributed by atoms with Crippen LogP contribution < -0.4 is 5.32 Å². The van der Waals surface area contributed by atoms with E-state index in [0.29, 0.717) is 25.4 Å². The zero-order chi connectivity index (χ0) is 23.6. The van der Waals surface area contributed by atoms with Gasteiger partial charge in [0.25, 0.3) is 5.91 Å². The molecule has 1 fully saturated rings. The van der Waals surface area contributed by atoms with E-state index in [1.54, 1.807) is 24.1 Å². The van der Waals surface area contributed by atoms with Crippen LogP contribution in [-0.2, 0) is 28.8 Å². The van der Waals surface area contributed by atoms with Crippen LogP contribution in [0.1, 0.15) is 53.6 Å². The summed E-state index contributed by atoms with van der Waals surface area (Å²) in [5.74, 6) is -0.403. The summed E-state index contributed by atoms with van der Waals surface area (Å²) in [5, 5.41) is 7.04. The lowest BCUT2D eigenvalue weighted by Gasteiger charge is -2.29. The lowest BCUT2D eigenvalue weighted by Crippen LogP contribution is -2.45. The van der Waals surface area contributed by atoms with E-state index in [-0.39, 0.29) is 23.6 Å². The molecule has 1 atom stereocenters. The molecule has 2 aliphatic rings. The fraction of sp³-hybridized carbons (Fsp3) is 0.522. The number of benzene rings is 1. The first kappa shape index (κ1) is 23.3. The lowest BCUT2D eigenvalue weighted by molar-refractivity contribution is -0.138. The van der Waals surface area contributed by atoms with Crippen LogP contribution in [0.2, 0.25) is 0 Å². The Hall–Kier alpha value is -2.88. The molecule has 2 amide bonds. The molecule has 1 aliphatic carbocycles. The number of nitrogens with one attached hydrogen (secondary N) is 1. The van der Waals surface area contributed by atoms with Gasteiger partial charge in [-0.05, 0) is 30.0 Å². The third-order valence-corrected chi connectivity index (χ3v) is 6.43. The van der Waals surface area contributed by atoms with Crippen molar-refractivity contribution in [1.29, 1.82) is 0 Å². The number of aromatic nitrogens is 2. The molecule has 0 radical (unpaired) electrons. The first-order valence-electron chi connectivity index (χ1n) is 11.1. The van der Waals surface area contributed by atoms with Gasteiger partial charge in [0.05, 0.1) is 18.7 Å². The second-order valence-electron chi connectivity index (χ2n) is 8.61. The molecule has 178 valence electrons. The monoisotopic (exact) mass is 464 g/mol. The predicted octanol–water partition coefficient (Wildman–Crippen LogP) is 4.09. The largest absolute Gasteiger partial charge is 0.416 e. The van der Waals surface area contributed by atoms with Gasteiger partial charge in [-0.15, -0.1) is 0 Å². The highest BCUT2D eigenvalue weighted by atomic mass is 19.4. The Balaban J connectivity index is 1.57. The number of hydrogen-bond acceptors (Lipinski definition) is 4. The number of alkyl halides is 3. The van der Waals surface area contributed by atoms with Crippen molar-refractivity contribution in [1.82, 2.24) is 14.7 Å². The highest BCUT2D eigenvalue weighted by Crippen LogP contribution is 2.39. The molecule has 2 heterocycles. The fourth-order valence-electron chi connectivity index (χ4n) is 4.76. The van der Waals surface area contributed by atoms with Crippen molar-refractivity contribution < 1.29 is 27.5 Å². The number of fused-ring (bicyclic) bond motifs is 1. The van der Waals surface area contributed by atoms with E-state index in [9.17, 15) is 22.8 Å². The third-order valence-electron chi connectivity index (χ3n) is 6.43. The molecule has 2 aromatic rings. The molecule has 0 bridgehead atoms. The van der Waals surface area contributed by atoms with E-state index >= 15 is 0 Å². The van der Waals surface area contributed by atoms with E-state index in [2.05, 4.69) is 10.4 Å². The van der Waals surface area contributed by atoms with Gasteiger partial charge in [0.1, 0.15) is 6.04 Å². The van der Waals surface area contributed by atoms with Gasteiger partial charge in [-0.2, -0.15) is 18.3 Å². The SMILES string of the molecule is COCCn1ccc(NC(=O)[C@H](CC2CCCC2)N2Cc3c(cccc3C(F)(F)F)C2=O)n1. The van der Waals surface area contributed by atoms with Gasteiger partial charge in [-0.3, -0.25) is 14.3 Å². The van der Waals surface area contributed by atoms with Gasteiger partial charge in [-0.25, -0.2) is 0 Å². The number of rotatable bonds is 8. The van der Waals surface area contributed by atoms with Crippen molar-refractivity contribution in [3.05, 3.63) is 47.2 Å². The number of carbonyl (C=O) groups is 2. The third kappa shape index (κ3) is 5.05. The normalized spacial score (nSPS) is 17.5. The standard InChI is InChI=1S/C23H27F3N4O3/c1-33-12-11-29-10-9-20(28-29)27-21(31)19(13-15-5-2-3-6-15)30-14-17-16(22(30)32)7-4-8-18(17)23(24,25)26/h4,7-10,15,19H,2-3,5-6,11-14H2,1H3,(H,27,28,31)/t19-/m0/s1. The van der Waals surface area contributed by atoms with E-state index in [1.807, 2.05) is 0 Å². The number of anilines is 1. The van der Waals surface area contributed by atoms with Gasteiger partial charge in [0, 0.05) is 31.5 Å². The van der Waals surface area contributed by atoms with Crippen LogP contribution in [0.5, 0.6) is 0 Å². The molecule has 1 N–H and O–H groups in total. The van der Waals surface area contributed by atoms with Crippen LogP contribution in [0, 0.1) is 5.92 Å². The number of carbonyl (C=O) groups excluding carboxylic acids is 2. The maximum absolute atomic E-state index is 13.5. The second-order valence-corrected chi connectivity index (χ2v) is 8.61. The van der Waals surface area contributed by atoms with Crippen molar-refractivity contribution in [2.45, 2.75) is 57.4 Å². The number of amides is 2. The van der Waals surface area contributed by atoms with Crippen LogP contribution in [0.25, 0.3) is 0 Å². The molecule has 1 aliphatic heterocycles. The molecule has 0 unspecified atom stereocenters. The van der Waals surface area contributed by atoms with E-state index in [1.165, 1.54) is 17.0 Å². The van der Waals surface area contributed by atoms with E-state index in [0.717, 1.165) is 31.7 Å². The average molecular weight is 464 g/mol. The summed E-state index contributed by atoms with van der Waals surface area (Å²) in [6, 6.07) is 4.38. The van der Waals surface area contributed by atoms with Crippen molar-refractivity contribution in [2.75, 3.05) is 19.0 Å². The molecule has 0 saturated heterocycles. The molecule has 1 saturated carbocycles. The second kappa shape index (κ2) is 9.54. The quantitative estimate of drug-likeness (QED) is 0.639. The summed E-state index contributed by atoms with van der Waals surface area (Å²) in [7, 11) is 1.58. The zero-order valence-corrected chi connectivity index (χ0v) is 18.4. The summed E-state index contributed by atoms with van der Waals surface area (Å²) in [6.07, 6.45) is 1.53. The molecule has 7 nitrogen and oxygen atoms in total. The van der Waals surface area contributed by atoms with Crippen molar-refractivity contribution in [3.63, 3.8) is 0 Å². The maximum Gasteiger partial charge on any atom is 0.416 e. The smallest absolute Gasteiger partial charge is 0.383 e. The minimum absolute atomic E-state index is 0.0119. The Morgan fingerprint density at radius 3 is 2.73 bits per heavy atom. The van der Waals surface area contributed by atoms with Gasteiger partial charge in [0.2, 0.25) is 5.91 Å². The Bertz CT molecular complexity index is 1010. The topological polar surface area (TPSA) is 76.5 Å². The van der Waals surface area contributed by atoms with Crippen LogP contribution >= 0.6 is 0 Å². The molecule has 1 aromatic carbocycles. The summed E-state index contributed by atoms with van der Waals surface area (Å²) in [4.78, 5) is 27.7. The van der Waals surface area contributed by atoms with Crippen LogP contribution in [0.4, 0.5) is 19.0 Å². The van der Waals surface area contributed by atoms with Gasteiger partial charge < -0.3 is 15.0 Å². The Morgan fingerprint density at radius 2 is 2.03 bits per heavy atom. The average Bonchev–Trinajstić information content (AvgIpc) is 3.51. The summed E-state index contributed by atoms with van der Waals surface area (Å²) in [6.45, 7) is 0.733. The summed E-state index contributed by atoms with van der Waals surface area (Å²) < 4.78 is 47.2. The summed E-state index contributed by atoms with van der Waals surface area (Å²) >= 11 is 0. The Labute approximate surface area is 189 Å². The van der Waals surface area contributed by atoms with Gasteiger partial charge in [0.15, 0.2) is 5.82 Å². The first-order valence-corrected chi connectivity index (χ1v) is 11.1. The number of nitrogens with zero attached hydrogens (tertiary/aromatic N) is 3. The molecule has 33 heavy (non-hydrogen) atoms. The minimum Gasteiger partial charge on any atom is -0.383 e. The number of hydrogen-bond donors (Lipinski definition) is 1. The first-order chi connectivity index (χ1) is 15.8. The summed E-state index contributed by atoms with van der Waals surface area (Å²) in [5.41, 5.74) is -0.881. The Kier molecular flexibility index (Phi) is 6.73. The molecule has 4 rings (SSSR count). The number of halogens is 3. The van der Waals surface area contributed by atoms with E-state index in [4.69, 9.17) is 4.74 Å². The van der Waals surface area contributed by atoms with Crippen LogP contribution in [0.15, 0.2) is 30.5 Å². The maximum atomic E-state index is 13.5. The van der Waals surface area contributed by atoms with Crippen molar-refractivity contribution in [2.24, 2.45) is 5.92 Å². The van der Waals surface area contributed by atoms with Gasteiger partial charge >= 0.3 is 6.18 Å². The highest BCUT2D eigenvalue weighted by molar-refractivity contribution is 6.03. The lowest BCUT2D eigenvalue weighted by atomic mass is 9.96. The zero-order valence-electron chi connectivity index (χ0n) is 18.4. The predicted molar refractivity (Wildman–Crippen MR) is 114 cm³/mol. The number of methoxy groups -OCH3 is 1. The fourth-order valence-corrected chi connectivity index (χ4v) is 4.76. The minimum atomic E-state index is -4.57. The highest BCUT2D eigenvalue weighted by Gasteiger charge is 2.43. The van der Waals surface area contributed by atoms with Crippen molar-refractivity contribution >= 4 is 17.6 Å². The molecule has 10 heteroatoms.